The molecule has 0 aromatic carbocycles. The molecule has 0 aliphatic carbocycles. The van der Waals surface area contributed by atoms with E-state index < -0.39 is 54.0 Å². The van der Waals surface area contributed by atoms with Crippen molar-refractivity contribution >= 4 is 23.7 Å². The summed E-state index contributed by atoms with van der Waals surface area (Å²) in [6.45, 7) is 4.73. The third kappa shape index (κ3) is 6.31. The number of carboxylic acid groups (broad SMARTS) is 1. The van der Waals surface area contributed by atoms with Gasteiger partial charge in [0.15, 0.2) is 0 Å². The topological polar surface area (TPSA) is 157 Å². The third-order valence-electron chi connectivity index (χ3n) is 3.92. The first kappa shape index (κ1) is 20.8. The lowest BCUT2D eigenvalue weighted by molar-refractivity contribution is -0.141. The summed E-state index contributed by atoms with van der Waals surface area (Å²) in [5.74, 6) is -3.01. The molecule has 0 saturated carbocycles. The molecule has 1 aliphatic rings. The van der Waals surface area contributed by atoms with Crippen LogP contribution in [0, 0.1) is 0 Å². The van der Waals surface area contributed by atoms with Gasteiger partial charge in [-0.15, -0.1) is 0 Å². The van der Waals surface area contributed by atoms with Crippen LogP contribution in [-0.4, -0.2) is 70.7 Å². The molecule has 0 bridgehead atoms. The van der Waals surface area contributed by atoms with Crippen molar-refractivity contribution in [3.63, 3.8) is 0 Å². The van der Waals surface area contributed by atoms with Gasteiger partial charge in [-0.3, -0.25) is 19.2 Å². The Labute approximate surface area is 145 Å². The molecule has 5 unspecified atom stereocenters. The van der Waals surface area contributed by atoms with Crippen LogP contribution in [0.4, 0.5) is 0 Å². The highest BCUT2D eigenvalue weighted by atomic mass is 16.4. The number of aliphatic carboxylic acids is 1. The first-order valence-electron chi connectivity index (χ1n) is 8.18. The summed E-state index contributed by atoms with van der Waals surface area (Å²) < 4.78 is 0. The van der Waals surface area contributed by atoms with E-state index in [1.54, 1.807) is 0 Å². The van der Waals surface area contributed by atoms with Crippen LogP contribution in [0.1, 0.15) is 33.6 Å². The molecule has 0 spiro atoms. The summed E-state index contributed by atoms with van der Waals surface area (Å²) in [5, 5.41) is 28.6. The molecule has 10 nitrogen and oxygen atoms in total. The molecule has 3 amide bonds. The van der Waals surface area contributed by atoms with Crippen molar-refractivity contribution in [1.82, 2.24) is 21.3 Å². The maximum Gasteiger partial charge on any atom is 0.325 e. The monoisotopic (exact) mass is 358 g/mol. The van der Waals surface area contributed by atoms with Gasteiger partial charge in [0.05, 0.1) is 12.1 Å². The number of hydrogen-bond acceptors (Lipinski definition) is 6. The molecule has 6 N–H and O–H groups in total. The first-order valence-corrected chi connectivity index (χ1v) is 8.18. The lowest BCUT2D eigenvalue weighted by Crippen LogP contribution is -2.59. The molecule has 1 saturated heterocycles. The van der Waals surface area contributed by atoms with E-state index >= 15 is 0 Å². The van der Waals surface area contributed by atoms with Crippen LogP contribution in [0.3, 0.4) is 0 Å². The van der Waals surface area contributed by atoms with E-state index in [9.17, 15) is 24.3 Å². The van der Waals surface area contributed by atoms with Gasteiger partial charge < -0.3 is 31.5 Å². The standard InChI is InChI=1S/C15H26N4O6/c1-7(12(21)18-8(2)15(24)25)17-14(23)11(9(3)20)19-13(22)10-5-4-6-16-10/h7-11,16,20H,4-6H2,1-3H3,(H,17,23)(H,18,21)(H,19,22)(H,24,25). The van der Waals surface area contributed by atoms with Crippen molar-refractivity contribution in [3.8, 4) is 0 Å². The van der Waals surface area contributed by atoms with Gasteiger partial charge in [0, 0.05) is 0 Å². The number of hydrogen-bond donors (Lipinski definition) is 6. The number of aliphatic hydroxyl groups is 1. The van der Waals surface area contributed by atoms with Gasteiger partial charge in [-0.2, -0.15) is 0 Å². The predicted octanol–water partition coefficient (Wildman–Crippen LogP) is -2.30. The molecule has 1 heterocycles. The van der Waals surface area contributed by atoms with Gasteiger partial charge in [0.2, 0.25) is 17.7 Å². The quantitative estimate of drug-likeness (QED) is 0.285. The molecule has 0 aromatic rings. The minimum Gasteiger partial charge on any atom is -0.480 e. The van der Waals surface area contributed by atoms with Gasteiger partial charge in [-0.1, -0.05) is 0 Å². The normalized spacial score (nSPS) is 21.5. The Morgan fingerprint density at radius 2 is 1.60 bits per heavy atom. The Bertz CT molecular complexity index is 518. The summed E-state index contributed by atoms with van der Waals surface area (Å²) in [6.07, 6.45) is 0.327. The second-order valence-corrected chi connectivity index (χ2v) is 6.17. The first-order chi connectivity index (χ1) is 11.6. The number of amides is 3. The smallest absolute Gasteiger partial charge is 0.325 e. The lowest BCUT2D eigenvalue weighted by Gasteiger charge is -2.24. The molecule has 5 atom stereocenters. The van der Waals surface area contributed by atoms with E-state index in [2.05, 4.69) is 21.3 Å². The minimum atomic E-state index is -1.22. The highest BCUT2D eigenvalue weighted by Crippen LogP contribution is 2.06. The largest absolute Gasteiger partial charge is 0.480 e. The van der Waals surface area contributed by atoms with Crippen LogP contribution in [0.2, 0.25) is 0 Å². The maximum atomic E-state index is 12.3. The van der Waals surface area contributed by atoms with Crippen LogP contribution in [0.5, 0.6) is 0 Å². The van der Waals surface area contributed by atoms with Crippen molar-refractivity contribution in [2.24, 2.45) is 0 Å². The molecular weight excluding hydrogens is 332 g/mol. The van der Waals surface area contributed by atoms with Crippen molar-refractivity contribution in [1.29, 1.82) is 0 Å². The summed E-state index contributed by atoms with van der Waals surface area (Å²) in [4.78, 5) is 47.0. The highest BCUT2D eigenvalue weighted by Gasteiger charge is 2.31. The van der Waals surface area contributed by atoms with Gasteiger partial charge >= 0.3 is 5.97 Å². The summed E-state index contributed by atoms with van der Waals surface area (Å²) in [5.41, 5.74) is 0. The molecular formula is C15H26N4O6. The summed E-state index contributed by atoms with van der Waals surface area (Å²) >= 11 is 0. The van der Waals surface area contributed by atoms with E-state index in [1.807, 2.05) is 0 Å². The van der Waals surface area contributed by atoms with Gasteiger partial charge in [-0.25, -0.2) is 0 Å². The van der Waals surface area contributed by atoms with E-state index in [1.165, 1.54) is 20.8 Å². The fourth-order valence-electron chi connectivity index (χ4n) is 2.34. The van der Waals surface area contributed by atoms with E-state index in [4.69, 9.17) is 5.11 Å². The maximum absolute atomic E-state index is 12.3. The van der Waals surface area contributed by atoms with Crippen molar-refractivity contribution in [3.05, 3.63) is 0 Å². The Morgan fingerprint density at radius 1 is 1.00 bits per heavy atom. The van der Waals surface area contributed by atoms with E-state index in [0.29, 0.717) is 13.0 Å². The summed E-state index contributed by atoms with van der Waals surface area (Å²) in [6, 6.07) is -3.77. The lowest BCUT2D eigenvalue weighted by atomic mass is 10.1. The average molecular weight is 358 g/mol. The molecule has 0 aromatic heterocycles. The zero-order valence-corrected chi connectivity index (χ0v) is 14.5. The number of carboxylic acids is 1. The number of rotatable bonds is 8. The number of aliphatic hydroxyl groups excluding tert-OH is 1. The molecule has 0 radical (unpaired) electrons. The molecule has 142 valence electrons. The minimum absolute atomic E-state index is 0.393. The molecule has 1 rings (SSSR count). The number of carbonyl (C=O) groups excluding carboxylic acids is 3. The molecule has 25 heavy (non-hydrogen) atoms. The van der Waals surface area contributed by atoms with Crippen LogP contribution < -0.4 is 21.3 Å². The molecule has 1 aliphatic heterocycles. The van der Waals surface area contributed by atoms with Gasteiger partial charge in [0.25, 0.3) is 0 Å². The second-order valence-electron chi connectivity index (χ2n) is 6.17. The molecule has 10 heteroatoms. The van der Waals surface area contributed by atoms with Gasteiger partial charge in [0.1, 0.15) is 18.1 Å². The summed E-state index contributed by atoms with van der Waals surface area (Å²) in [7, 11) is 0. The SMILES string of the molecule is CC(NC(=O)C(C)NC(=O)C(NC(=O)C1CCCN1)C(C)O)C(=O)O. The number of nitrogens with one attached hydrogen (secondary N) is 4. The fraction of sp³-hybridized carbons (Fsp3) is 0.733. The zero-order valence-electron chi connectivity index (χ0n) is 14.5. The third-order valence-corrected chi connectivity index (χ3v) is 3.92. The van der Waals surface area contributed by atoms with E-state index in [0.717, 1.165) is 6.42 Å². The van der Waals surface area contributed by atoms with Gasteiger partial charge in [-0.05, 0) is 40.2 Å². The van der Waals surface area contributed by atoms with Crippen LogP contribution >= 0.6 is 0 Å². The Morgan fingerprint density at radius 3 is 2.08 bits per heavy atom. The number of carbonyl (C=O) groups is 4. The van der Waals surface area contributed by atoms with Crippen LogP contribution in [-0.2, 0) is 19.2 Å². The predicted molar refractivity (Wildman–Crippen MR) is 87.5 cm³/mol. The van der Waals surface area contributed by atoms with Crippen molar-refractivity contribution in [2.45, 2.75) is 63.9 Å². The Hall–Kier alpha value is -2.20. The van der Waals surface area contributed by atoms with Crippen molar-refractivity contribution in [2.75, 3.05) is 6.54 Å². The van der Waals surface area contributed by atoms with Crippen molar-refractivity contribution < 1.29 is 29.4 Å². The molecule has 1 fully saturated rings. The Balaban J connectivity index is 2.61. The zero-order chi connectivity index (χ0) is 19.1. The fourth-order valence-corrected chi connectivity index (χ4v) is 2.34. The van der Waals surface area contributed by atoms with E-state index in [-0.39, 0.29) is 0 Å². The second kappa shape index (κ2) is 9.33. The average Bonchev–Trinajstić information content (AvgIpc) is 3.05. The Kier molecular flexibility index (Phi) is 7.78. The van der Waals surface area contributed by atoms with Crippen LogP contribution in [0.25, 0.3) is 0 Å². The van der Waals surface area contributed by atoms with Crippen LogP contribution in [0.15, 0.2) is 0 Å². The highest BCUT2D eigenvalue weighted by molar-refractivity contribution is 5.94.